The molecule has 1 aromatic heterocycles. The average molecular weight is 254 g/mol. The molecule has 0 unspecified atom stereocenters. The fourth-order valence-electron chi connectivity index (χ4n) is 2.72. The van der Waals surface area contributed by atoms with Crippen LogP contribution in [0, 0.1) is 11.3 Å². The molecule has 1 aliphatic heterocycles. The van der Waals surface area contributed by atoms with Gasteiger partial charge in [-0.15, -0.1) is 0 Å². The summed E-state index contributed by atoms with van der Waals surface area (Å²) < 4.78 is 0. The molecule has 0 bridgehead atoms. The van der Waals surface area contributed by atoms with E-state index in [4.69, 9.17) is 0 Å². The highest BCUT2D eigenvalue weighted by Gasteiger charge is 2.19. The van der Waals surface area contributed by atoms with E-state index in [-0.39, 0.29) is 0 Å². The van der Waals surface area contributed by atoms with Gasteiger partial charge in [0.05, 0.1) is 0 Å². The van der Waals surface area contributed by atoms with E-state index in [1.54, 1.807) is 0 Å². The van der Waals surface area contributed by atoms with Crippen LogP contribution in [-0.4, -0.2) is 36.1 Å². The van der Waals surface area contributed by atoms with Crippen LogP contribution in [0.5, 0.6) is 0 Å². The number of likely N-dealkylation sites (tertiary alicyclic amines) is 1. The lowest BCUT2D eigenvalue weighted by atomic mass is 10.1. The van der Waals surface area contributed by atoms with E-state index in [2.05, 4.69) is 28.3 Å². The molecule has 19 heavy (non-hydrogen) atoms. The van der Waals surface area contributed by atoms with Gasteiger partial charge < -0.3 is 15.2 Å². The summed E-state index contributed by atoms with van der Waals surface area (Å²) in [6, 6.07) is 10.7. The zero-order valence-electron chi connectivity index (χ0n) is 11.1. The molecule has 0 spiro atoms. The van der Waals surface area contributed by atoms with Crippen LogP contribution >= 0.6 is 0 Å². The number of nitrogens with one attached hydrogen (secondary N) is 2. The Balaban J connectivity index is 1.87. The SMILES string of the molecule is CN1CCC(Nc2[nH]c3ccccc3c2C#N)CC1. The van der Waals surface area contributed by atoms with Crippen molar-refractivity contribution < 1.29 is 0 Å². The van der Waals surface area contributed by atoms with Gasteiger partial charge in [-0.05, 0) is 39.0 Å². The van der Waals surface area contributed by atoms with Crippen molar-refractivity contribution in [2.45, 2.75) is 18.9 Å². The highest BCUT2D eigenvalue weighted by molar-refractivity contribution is 5.91. The molecule has 1 aromatic carbocycles. The first-order valence-corrected chi connectivity index (χ1v) is 6.74. The molecule has 0 amide bonds. The van der Waals surface area contributed by atoms with E-state index in [0.29, 0.717) is 6.04 Å². The third kappa shape index (κ3) is 2.29. The number of aromatic amines is 1. The number of hydrogen-bond acceptors (Lipinski definition) is 3. The summed E-state index contributed by atoms with van der Waals surface area (Å²) in [4.78, 5) is 5.67. The molecular formula is C15H18N4. The van der Waals surface area contributed by atoms with Gasteiger partial charge in [-0.25, -0.2) is 0 Å². The van der Waals surface area contributed by atoms with Crippen LogP contribution in [0.3, 0.4) is 0 Å². The van der Waals surface area contributed by atoms with E-state index >= 15 is 0 Å². The topological polar surface area (TPSA) is 54.8 Å². The minimum atomic E-state index is 0.455. The van der Waals surface area contributed by atoms with Crippen molar-refractivity contribution in [2.24, 2.45) is 0 Å². The molecule has 0 saturated carbocycles. The maximum atomic E-state index is 9.36. The van der Waals surface area contributed by atoms with Crippen molar-refractivity contribution in [3.8, 4) is 6.07 Å². The number of nitriles is 1. The van der Waals surface area contributed by atoms with Gasteiger partial charge in [-0.2, -0.15) is 5.26 Å². The Bertz CT molecular complexity index is 615. The number of nitrogens with zero attached hydrogens (tertiary/aromatic N) is 2. The van der Waals surface area contributed by atoms with Crippen molar-refractivity contribution in [1.82, 2.24) is 9.88 Å². The van der Waals surface area contributed by atoms with E-state index < -0.39 is 0 Å². The monoisotopic (exact) mass is 254 g/mol. The first kappa shape index (κ1) is 12.1. The number of aromatic nitrogens is 1. The molecule has 0 radical (unpaired) electrons. The van der Waals surface area contributed by atoms with Gasteiger partial charge in [0.1, 0.15) is 17.5 Å². The van der Waals surface area contributed by atoms with E-state index in [9.17, 15) is 5.26 Å². The summed E-state index contributed by atoms with van der Waals surface area (Å²) >= 11 is 0. The van der Waals surface area contributed by atoms with E-state index in [1.807, 2.05) is 24.3 Å². The number of H-pyrrole nitrogens is 1. The molecular weight excluding hydrogens is 236 g/mol. The quantitative estimate of drug-likeness (QED) is 0.866. The van der Waals surface area contributed by atoms with Crippen LogP contribution < -0.4 is 5.32 Å². The summed E-state index contributed by atoms with van der Waals surface area (Å²) in [5, 5.41) is 13.9. The molecule has 2 N–H and O–H groups in total. The predicted octanol–water partition coefficient (Wildman–Crippen LogP) is 2.55. The zero-order valence-corrected chi connectivity index (χ0v) is 11.1. The third-order valence-electron chi connectivity index (χ3n) is 3.88. The third-order valence-corrected chi connectivity index (χ3v) is 3.88. The summed E-state index contributed by atoms with van der Waals surface area (Å²) in [6.45, 7) is 2.22. The number of benzene rings is 1. The lowest BCUT2D eigenvalue weighted by molar-refractivity contribution is 0.263. The van der Waals surface area contributed by atoms with Gasteiger partial charge >= 0.3 is 0 Å². The first-order chi connectivity index (χ1) is 9.28. The number of piperidine rings is 1. The summed E-state index contributed by atoms with van der Waals surface area (Å²) in [6.07, 6.45) is 2.24. The lowest BCUT2D eigenvalue weighted by Crippen LogP contribution is -2.36. The molecule has 1 aliphatic rings. The van der Waals surface area contributed by atoms with E-state index in [1.165, 1.54) is 0 Å². The standard InChI is InChI=1S/C15H18N4/c1-19-8-6-11(7-9-19)17-15-13(10-16)12-4-2-3-5-14(12)18-15/h2-5,11,17-18H,6-9H2,1H3. The molecule has 4 heteroatoms. The van der Waals surface area contributed by atoms with Gasteiger partial charge in [-0.1, -0.05) is 18.2 Å². The Hall–Kier alpha value is -1.99. The predicted molar refractivity (Wildman–Crippen MR) is 77.2 cm³/mol. The molecule has 2 aromatic rings. The second-order valence-electron chi connectivity index (χ2n) is 5.25. The number of para-hydroxylation sites is 1. The highest BCUT2D eigenvalue weighted by atomic mass is 15.1. The Kier molecular flexibility index (Phi) is 3.14. The maximum Gasteiger partial charge on any atom is 0.122 e. The number of anilines is 1. The highest BCUT2D eigenvalue weighted by Crippen LogP contribution is 2.26. The zero-order chi connectivity index (χ0) is 13.2. The molecule has 1 saturated heterocycles. The molecule has 0 atom stereocenters. The van der Waals surface area contributed by atoms with Crippen LogP contribution in [0.1, 0.15) is 18.4 Å². The van der Waals surface area contributed by atoms with Crippen LogP contribution in [0.2, 0.25) is 0 Å². The molecule has 3 rings (SSSR count). The van der Waals surface area contributed by atoms with Crippen molar-refractivity contribution in [2.75, 3.05) is 25.5 Å². The van der Waals surface area contributed by atoms with Crippen molar-refractivity contribution in [3.05, 3.63) is 29.8 Å². The van der Waals surface area contributed by atoms with Gasteiger partial charge in [0.25, 0.3) is 0 Å². The second kappa shape index (κ2) is 4.94. The minimum Gasteiger partial charge on any atom is -0.368 e. The first-order valence-electron chi connectivity index (χ1n) is 6.74. The van der Waals surface area contributed by atoms with Gasteiger partial charge in [0, 0.05) is 16.9 Å². The average Bonchev–Trinajstić information content (AvgIpc) is 2.78. The Morgan fingerprint density at radius 3 is 2.79 bits per heavy atom. The van der Waals surface area contributed by atoms with Crippen molar-refractivity contribution in [1.29, 1.82) is 5.26 Å². The molecule has 2 heterocycles. The van der Waals surface area contributed by atoms with E-state index in [0.717, 1.165) is 48.2 Å². The lowest BCUT2D eigenvalue weighted by Gasteiger charge is -2.29. The van der Waals surface area contributed by atoms with Crippen LogP contribution in [0.15, 0.2) is 24.3 Å². The molecule has 1 fully saturated rings. The van der Waals surface area contributed by atoms with Crippen LogP contribution in [0.25, 0.3) is 10.9 Å². The van der Waals surface area contributed by atoms with Gasteiger partial charge in [-0.3, -0.25) is 0 Å². The van der Waals surface area contributed by atoms with Crippen LogP contribution in [-0.2, 0) is 0 Å². The second-order valence-corrected chi connectivity index (χ2v) is 5.25. The van der Waals surface area contributed by atoms with Crippen molar-refractivity contribution in [3.63, 3.8) is 0 Å². The summed E-state index contributed by atoms with van der Waals surface area (Å²) in [5.41, 5.74) is 1.75. The Morgan fingerprint density at radius 2 is 2.05 bits per heavy atom. The van der Waals surface area contributed by atoms with Crippen LogP contribution in [0.4, 0.5) is 5.82 Å². The van der Waals surface area contributed by atoms with Gasteiger partial charge in [0.15, 0.2) is 0 Å². The molecule has 98 valence electrons. The normalized spacial score (nSPS) is 17.5. The fraction of sp³-hybridized carbons (Fsp3) is 0.400. The molecule has 0 aliphatic carbocycles. The summed E-state index contributed by atoms with van der Waals surface area (Å²) in [7, 11) is 2.15. The summed E-state index contributed by atoms with van der Waals surface area (Å²) in [5.74, 6) is 0.873. The number of fused-ring (bicyclic) bond motifs is 1. The Labute approximate surface area is 113 Å². The largest absolute Gasteiger partial charge is 0.368 e. The maximum absolute atomic E-state index is 9.36. The van der Waals surface area contributed by atoms with Gasteiger partial charge in [0.2, 0.25) is 0 Å². The number of rotatable bonds is 2. The Morgan fingerprint density at radius 1 is 1.32 bits per heavy atom. The smallest absolute Gasteiger partial charge is 0.122 e. The van der Waals surface area contributed by atoms with Crippen molar-refractivity contribution >= 4 is 16.7 Å². The fourth-order valence-corrected chi connectivity index (χ4v) is 2.72. The molecule has 4 nitrogen and oxygen atoms in total. The number of hydrogen-bond donors (Lipinski definition) is 2. The minimum absolute atomic E-state index is 0.455.